The molecule has 0 radical (unpaired) electrons. The highest BCUT2D eigenvalue weighted by Gasteiger charge is 2.15. The van der Waals surface area contributed by atoms with E-state index in [1.807, 2.05) is 49.7 Å². The molecule has 2 aromatic heterocycles. The number of nitrogens with zero attached hydrogens (tertiary/aromatic N) is 3. The highest BCUT2D eigenvalue weighted by atomic mass is 32.2. The zero-order chi connectivity index (χ0) is 17.1. The van der Waals surface area contributed by atoms with Gasteiger partial charge in [-0.05, 0) is 37.1 Å². The van der Waals surface area contributed by atoms with E-state index in [0.717, 1.165) is 16.8 Å². The Morgan fingerprint density at radius 1 is 1.21 bits per heavy atom. The first-order chi connectivity index (χ1) is 11.6. The predicted octanol–water partition coefficient (Wildman–Crippen LogP) is 3.42. The first-order valence-corrected chi connectivity index (χ1v) is 8.47. The minimum Gasteiger partial charge on any atom is -0.461 e. The number of carbonyl (C=O) groups excluding carboxylic acids is 1. The third-order valence-electron chi connectivity index (χ3n) is 3.65. The van der Waals surface area contributed by atoms with Crippen LogP contribution in [0, 0.1) is 13.8 Å². The van der Waals surface area contributed by atoms with E-state index in [9.17, 15) is 4.79 Å². The first-order valence-electron chi connectivity index (χ1n) is 7.48. The van der Waals surface area contributed by atoms with E-state index in [-0.39, 0.29) is 11.7 Å². The van der Waals surface area contributed by atoms with Crippen LogP contribution in [0.15, 0.2) is 46.2 Å². The van der Waals surface area contributed by atoms with Gasteiger partial charge in [-0.15, -0.1) is 10.2 Å². The summed E-state index contributed by atoms with van der Waals surface area (Å²) in [5.74, 6) is 1.48. The monoisotopic (exact) mass is 342 g/mol. The SMILES string of the molecule is Cc1cccc(C)c1NC(=O)CSc1nnc(-c2ccco2)n1C. The number of furan rings is 1. The summed E-state index contributed by atoms with van der Waals surface area (Å²) in [7, 11) is 1.85. The van der Waals surface area contributed by atoms with Crippen molar-refractivity contribution in [1.82, 2.24) is 14.8 Å². The first kappa shape index (κ1) is 16.3. The molecule has 124 valence electrons. The topological polar surface area (TPSA) is 73.0 Å². The van der Waals surface area contributed by atoms with Crippen molar-refractivity contribution in [1.29, 1.82) is 0 Å². The Balaban J connectivity index is 1.65. The van der Waals surface area contributed by atoms with E-state index in [1.165, 1.54) is 11.8 Å². The molecule has 7 heteroatoms. The van der Waals surface area contributed by atoms with Crippen LogP contribution >= 0.6 is 11.8 Å². The third-order valence-corrected chi connectivity index (χ3v) is 4.67. The van der Waals surface area contributed by atoms with Crippen LogP contribution in [0.1, 0.15) is 11.1 Å². The molecule has 24 heavy (non-hydrogen) atoms. The Morgan fingerprint density at radius 3 is 2.62 bits per heavy atom. The zero-order valence-corrected chi connectivity index (χ0v) is 14.6. The molecule has 0 saturated heterocycles. The lowest BCUT2D eigenvalue weighted by molar-refractivity contribution is -0.113. The van der Waals surface area contributed by atoms with Crippen LogP contribution in [0.5, 0.6) is 0 Å². The van der Waals surface area contributed by atoms with Crippen LogP contribution in [-0.4, -0.2) is 26.4 Å². The molecule has 0 unspecified atom stereocenters. The van der Waals surface area contributed by atoms with E-state index in [1.54, 1.807) is 12.3 Å². The molecular weight excluding hydrogens is 324 g/mol. The number of thioether (sulfide) groups is 1. The molecule has 1 aromatic carbocycles. The van der Waals surface area contributed by atoms with Crippen LogP contribution < -0.4 is 5.32 Å². The molecule has 0 spiro atoms. The molecule has 0 aliphatic carbocycles. The van der Waals surface area contributed by atoms with Crippen molar-refractivity contribution in [2.45, 2.75) is 19.0 Å². The van der Waals surface area contributed by atoms with Gasteiger partial charge in [-0.2, -0.15) is 0 Å². The van der Waals surface area contributed by atoms with Crippen LogP contribution in [-0.2, 0) is 11.8 Å². The van der Waals surface area contributed by atoms with Crippen LogP contribution in [0.3, 0.4) is 0 Å². The normalized spacial score (nSPS) is 10.8. The van der Waals surface area contributed by atoms with Gasteiger partial charge in [0.25, 0.3) is 0 Å². The third kappa shape index (κ3) is 3.35. The summed E-state index contributed by atoms with van der Waals surface area (Å²) in [5, 5.41) is 11.9. The molecule has 0 bridgehead atoms. The number of rotatable bonds is 5. The van der Waals surface area contributed by atoms with Crippen LogP contribution in [0.2, 0.25) is 0 Å². The van der Waals surface area contributed by atoms with Gasteiger partial charge < -0.3 is 14.3 Å². The average molecular weight is 342 g/mol. The van der Waals surface area contributed by atoms with E-state index >= 15 is 0 Å². The van der Waals surface area contributed by atoms with Crippen LogP contribution in [0.25, 0.3) is 11.6 Å². The second-order valence-corrected chi connectivity index (χ2v) is 6.39. The highest BCUT2D eigenvalue weighted by molar-refractivity contribution is 7.99. The lowest BCUT2D eigenvalue weighted by Gasteiger charge is -2.11. The molecule has 1 N–H and O–H groups in total. The molecule has 0 atom stereocenters. The summed E-state index contributed by atoms with van der Waals surface area (Å²) in [6.45, 7) is 3.96. The van der Waals surface area contributed by atoms with Gasteiger partial charge in [0.1, 0.15) is 0 Å². The second kappa shape index (κ2) is 6.92. The van der Waals surface area contributed by atoms with E-state index in [4.69, 9.17) is 4.42 Å². The Morgan fingerprint density at radius 2 is 1.96 bits per heavy atom. The zero-order valence-electron chi connectivity index (χ0n) is 13.7. The van der Waals surface area contributed by atoms with Gasteiger partial charge in [0.15, 0.2) is 16.7 Å². The predicted molar refractivity (Wildman–Crippen MR) is 94.0 cm³/mol. The van der Waals surface area contributed by atoms with Crippen LogP contribution in [0.4, 0.5) is 5.69 Å². The minimum absolute atomic E-state index is 0.0695. The van der Waals surface area contributed by atoms with Crippen molar-refractivity contribution < 1.29 is 9.21 Å². The van der Waals surface area contributed by atoms with Gasteiger partial charge >= 0.3 is 0 Å². The van der Waals surface area contributed by atoms with Crippen molar-refractivity contribution in [3.8, 4) is 11.6 Å². The van der Waals surface area contributed by atoms with Gasteiger partial charge in [0.2, 0.25) is 5.91 Å². The van der Waals surface area contributed by atoms with Gasteiger partial charge in [-0.25, -0.2) is 0 Å². The second-order valence-electron chi connectivity index (χ2n) is 5.45. The number of carbonyl (C=O) groups is 1. The van der Waals surface area contributed by atoms with Gasteiger partial charge in [0.05, 0.1) is 12.0 Å². The largest absolute Gasteiger partial charge is 0.461 e. The van der Waals surface area contributed by atoms with Crippen molar-refractivity contribution in [3.63, 3.8) is 0 Å². The number of benzene rings is 1. The number of amides is 1. The fourth-order valence-corrected chi connectivity index (χ4v) is 3.09. The lowest BCUT2D eigenvalue weighted by atomic mass is 10.1. The summed E-state index contributed by atoms with van der Waals surface area (Å²) in [4.78, 5) is 12.2. The molecule has 2 heterocycles. The lowest BCUT2D eigenvalue weighted by Crippen LogP contribution is -2.16. The summed E-state index contributed by atoms with van der Waals surface area (Å²) in [5.41, 5.74) is 2.97. The van der Waals surface area contributed by atoms with Crippen molar-refractivity contribution >= 4 is 23.4 Å². The number of hydrogen-bond acceptors (Lipinski definition) is 5. The Bertz CT molecular complexity index is 835. The maximum absolute atomic E-state index is 12.2. The van der Waals surface area contributed by atoms with E-state index in [0.29, 0.717) is 16.7 Å². The summed E-state index contributed by atoms with van der Waals surface area (Å²) >= 11 is 1.34. The molecule has 0 saturated carbocycles. The molecule has 0 fully saturated rings. The average Bonchev–Trinajstić information content (AvgIpc) is 3.19. The number of para-hydroxylation sites is 1. The van der Waals surface area contributed by atoms with Gasteiger partial charge in [-0.1, -0.05) is 30.0 Å². The molecule has 3 aromatic rings. The molecule has 6 nitrogen and oxygen atoms in total. The smallest absolute Gasteiger partial charge is 0.234 e. The number of aromatic nitrogens is 3. The number of anilines is 1. The maximum atomic E-state index is 12.2. The quantitative estimate of drug-likeness (QED) is 0.719. The Hall–Kier alpha value is -2.54. The van der Waals surface area contributed by atoms with E-state index < -0.39 is 0 Å². The molecule has 0 aliphatic heterocycles. The summed E-state index contributed by atoms with van der Waals surface area (Å²) < 4.78 is 7.15. The number of aryl methyl sites for hydroxylation is 2. The molecular formula is C17H18N4O2S. The fraction of sp³-hybridized carbons (Fsp3) is 0.235. The van der Waals surface area contributed by atoms with Gasteiger partial charge in [-0.3, -0.25) is 4.79 Å². The highest BCUT2D eigenvalue weighted by Crippen LogP contribution is 2.24. The van der Waals surface area contributed by atoms with Gasteiger partial charge in [0, 0.05) is 12.7 Å². The number of hydrogen-bond donors (Lipinski definition) is 1. The molecule has 3 rings (SSSR count). The fourth-order valence-electron chi connectivity index (χ4n) is 2.38. The number of nitrogens with one attached hydrogen (secondary N) is 1. The Labute approximate surface area is 144 Å². The summed E-state index contributed by atoms with van der Waals surface area (Å²) in [6, 6.07) is 9.56. The van der Waals surface area contributed by atoms with Crippen molar-refractivity contribution in [2.24, 2.45) is 7.05 Å². The molecule has 0 aliphatic rings. The van der Waals surface area contributed by atoms with Crippen molar-refractivity contribution in [2.75, 3.05) is 11.1 Å². The van der Waals surface area contributed by atoms with E-state index in [2.05, 4.69) is 15.5 Å². The summed E-state index contributed by atoms with van der Waals surface area (Å²) in [6.07, 6.45) is 1.59. The maximum Gasteiger partial charge on any atom is 0.234 e. The molecule has 1 amide bonds. The standard InChI is InChI=1S/C17H18N4O2S/c1-11-6-4-7-12(2)15(11)18-14(22)10-24-17-20-19-16(21(17)3)13-8-5-9-23-13/h4-9H,10H2,1-3H3,(H,18,22). The Kier molecular flexibility index (Phi) is 4.71. The minimum atomic E-state index is -0.0695. The van der Waals surface area contributed by atoms with Crippen molar-refractivity contribution in [3.05, 3.63) is 47.7 Å².